The van der Waals surface area contributed by atoms with Crippen LogP contribution >= 0.6 is 0 Å². The van der Waals surface area contributed by atoms with Gasteiger partial charge in [0.25, 0.3) is 11.8 Å². The maximum Gasteiger partial charge on any atom is 0.290 e. The van der Waals surface area contributed by atoms with Gasteiger partial charge in [-0.05, 0) is 51.2 Å². The van der Waals surface area contributed by atoms with Gasteiger partial charge in [0, 0.05) is 43.4 Å². The second-order valence-corrected chi connectivity index (χ2v) is 7.60. The van der Waals surface area contributed by atoms with Gasteiger partial charge in [0.2, 0.25) is 0 Å². The van der Waals surface area contributed by atoms with Crippen LogP contribution in [0.1, 0.15) is 45.2 Å². The van der Waals surface area contributed by atoms with Crippen molar-refractivity contribution in [2.45, 2.75) is 25.9 Å². The molecule has 0 unspecified atom stereocenters. The summed E-state index contributed by atoms with van der Waals surface area (Å²) in [6.07, 6.45) is 8.52. The smallest absolute Gasteiger partial charge is 0.290 e. The van der Waals surface area contributed by atoms with Crippen LogP contribution in [-0.4, -0.2) is 68.7 Å². The zero-order valence-electron chi connectivity index (χ0n) is 18.0. The molecule has 0 saturated heterocycles. The van der Waals surface area contributed by atoms with Gasteiger partial charge in [-0.2, -0.15) is 0 Å². The van der Waals surface area contributed by atoms with Crippen molar-refractivity contribution in [3.8, 4) is 0 Å². The largest absolute Gasteiger partial charge is 0.352 e. The average Bonchev–Trinajstić information content (AvgIpc) is 3.47. The lowest BCUT2D eigenvalue weighted by molar-refractivity contribution is 0.0714. The fourth-order valence-electron chi connectivity index (χ4n) is 3.14. The number of hydrogen-bond donors (Lipinski definition) is 3. The first kappa shape index (κ1) is 22.2. The highest BCUT2D eigenvalue weighted by Crippen LogP contribution is 2.12. The molecular formula is C22H29N7O2. The number of hydrogen-bond acceptors (Lipinski definition) is 5. The molecule has 9 heteroatoms. The van der Waals surface area contributed by atoms with E-state index in [1.54, 1.807) is 41.8 Å². The highest BCUT2D eigenvalue weighted by molar-refractivity contribution is 5.94. The molecular weight excluding hydrogens is 394 g/mol. The topological polar surface area (TPSA) is 110 Å². The highest BCUT2D eigenvalue weighted by atomic mass is 16.2. The van der Waals surface area contributed by atoms with Crippen molar-refractivity contribution in [2.24, 2.45) is 0 Å². The predicted octanol–water partition coefficient (Wildman–Crippen LogP) is 2.05. The minimum absolute atomic E-state index is 0.0875. The third-order valence-electron chi connectivity index (χ3n) is 4.79. The Labute approximate surface area is 181 Å². The maximum atomic E-state index is 12.8. The first-order chi connectivity index (χ1) is 15.0. The summed E-state index contributed by atoms with van der Waals surface area (Å²) in [5, 5.41) is 2.95. The van der Waals surface area contributed by atoms with E-state index < -0.39 is 0 Å². The summed E-state index contributed by atoms with van der Waals surface area (Å²) in [6, 6.07) is 7.30. The van der Waals surface area contributed by atoms with Gasteiger partial charge in [-0.1, -0.05) is 12.1 Å². The molecule has 0 fully saturated rings. The molecule has 3 N–H and O–H groups in total. The Morgan fingerprint density at radius 3 is 2.35 bits per heavy atom. The Hall–Kier alpha value is -3.46. The standard InChI is InChI=1S/C22H29N7O2/c1-28(2)14-4-3-9-27-21(30)18-7-5-17(6-8-18)15-29(16-19-23-10-11-24-19)22(31)20-25-12-13-26-20/h5-8,10-13H,3-4,9,14-16H2,1-2H3,(H,23,24)(H,25,26)(H,27,30). The molecule has 1 aromatic carbocycles. The molecule has 2 amide bonds. The minimum atomic E-state index is -0.221. The summed E-state index contributed by atoms with van der Waals surface area (Å²) < 4.78 is 0. The molecule has 0 spiro atoms. The van der Waals surface area contributed by atoms with Gasteiger partial charge in [0.15, 0.2) is 5.82 Å². The molecule has 31 heavy (non-hydrogen) atoms. The SMILES string of the molecule is CN(C)CCCCNC(=O)c1ccc(CN(Cc2ncc[nH]2)C(=O)c2ncc[nH]2)cc1. The Kier molecular flexibility index (Phi) is 7.94. The fraction of sp³-hybridized carbons (Fsp3) is 0.364. The van der Waals surface area contributed by atoms with Gasteiger partial charge < -0.3 is 25.1 Å². The molecule has 0 aliphatic rings. The first-order valence-electron chi connectivity index (χ1n) is 10.3. The van der Waals surface area contributed by atoms with Crippen molar-refractivity contribution in [1.29, 1.82) is 0 Å². The maximum absolute atomic E-state index is 12.8. The number of carbonyl (C=O) groups excluding carboxylic acids is 2. The number of nitrogens with zero attached hydrogens (tertiary/aromatic N) is 4. The van der Waals surface area contributed by atoms with Crippen molar-refractivity contribution in [3.63, 3.8) is 0 Å². The Balaban J connectivity index is 1.58. The first-order valence-corrected chi connectivity index (χ1v) is 10.3. The molecule has 9 nitrogen and oxygen atoms in total. The van der Waals surface area contributed by atoms with Crippen LogP contribution in [0.5, 0.6) is 0 Å². The molecule has 0 saturated carbocycles. The normalized spacial score (nSPS) is 10.9. The van der Waals surface area contributed by atoms with Gasteiger partial charge in [0.1, 0.15) is 5.82 Å². The highest BCUT2D eigenvalue weighted by Gasteiger charge is 2.20. The molecule has 0 aliphatic heterocycles. The van der Waals surface area contributed by atoms with Crippen LogP contribution in [0.2, 0.25) is 0 Å². The number of rotatable bonds is 11. The lowest BCUT2D eigenvalue weighted by Gasteiger charge is -2.21. The number of nitrogens with one attached hydrogen (secondary N) is 3. The Morgan fingerprint density at radius 1 is 0.968 bits per heavy atom. The second-order valence-electron chi connectivity index (χ2n) is 7.60. The number of aromatic amines is 2. The molecule has 0 aliphatic carbocycles. The summed E-state index contributed by atoms with van der Waals surface area (Å²) in [6.45, 7) is 2.35. The fourth-order valence-corrected chi connectivity index (χ4v) is 3.14. The van der Waals surface area contributed by atoms with Crippen LogP contribution in [0.25, 0.3) is 0 Å². The summed E-state index contributed by atoms with van der Waals surface area (Å²) in [5.41, 5.74) is 1.51. The van der Waals surface area contributed by atoms with Crippen LogP contribution in [0.3, 0.4) is 0 Å². The molecule has 0 atom stereocenters. The molecule has 2 aromatic heterocycles. The molecule has 2 heterocycles. The van der Waals surface area contributed by atoms with Crippen molar-refractivity contribution < 1.29 is 9.59 Å². The van der Waals surface area contributed by atoms with Crippen molar-refractivity contribution in [3.05, 3.63) is 71.8 Å². The number of amides is 2. The average molecular weight is 424 g/mol. The minimum Gasteiger partial charge on any atom is -0.352 e. The predicted molar refractivity (Wildman–Crippen MR) is 117 cm³/mol. The van der Waals surface area contributed by atoms with E-state index in [-0.39, 0.29) is 17.6 Å². The molecule has 164 valence electrons. The number of aromatic nitrogens is 4. The Morgan fingerprint density at radius 2 is 1.71 bits per heavy atom. The van der Waals surface area contributed by atoms with Crippen molar-refractivity contribution >= 4 is 11.8 Å². The van der Waals surface area contributed by atoms with E-state index >= 15 is 0 Å². The molecule has 3 aromatic rings. The quantitative estimate of drug-likeness (QED) is 0.409. The lowest BCUT2D eigenvalue weighted by atomic mass is 10.1. The Bertz CT molecular complexity index is 935. The van der Waals surface area contributed by atoms with Crippen LogP contribution < -0.4 is 5.32 Å². The zero-order chi connectivity index (χ0) is 22.1. The number of imidazole rings is 2. The van der Waals surface area contributed by atoms with E-state index in [0.29, 0.717) is 31.0 Å². The third-order valence-corrected chi connectivity index (χ3v) is 4.79. The monoisotopic (exact) mass is 423 g/mol. The van der Waals surface area contributed by atoms with E-state index in [1.807, 2.05) is 26.2 Å². The van der Waals surface area contributed by atoms with Crippen molar-refractivity contribution in [2.75, 3.05) is 27.2 Å². The summed E-state index contributed by atoms with van der Waals surface area (Å²) in [7, 11) is 4.08. The van der Waals surface area contributed by atoms with Gasteiger partial charge >= 0.3 is 0 Å². The van der Waals surface area contributed by atoms with Crippen LogP contribution in [0.15, 0.2) is 49.1 Å². The summed E-state index contributed by atoms with van der Waals surface area (Å²) in [4.78, 5) is 43.1. The van der Waals surface area contributed by atoms with E-state index in [1.165, 1.54) is 0 Å². The molecule has 3 rings (SSSR count). The van der Waals surface area contributed by atoms with E-state index in [0.717, 1.165) is 24.9 Å². The van der Waals surface area contributed by atoms with E-state index in [9.17, 15) is 9.59 Å². The van der Waals surface area contributed by atoms with Crippen LogP contribution in [0.4, 0.5) is 0 Å². The van der Waals surface area contributed by atoms with Crippen molar-refractivity contribution in [1.82, 2.24) is 35.1 Å². The number of unbranched alkanes of at least 4 members (excludes halogenated alkanes) is 1. The van der Waals surface area contributed by atoms with Gasteiger partial charge in [-0.25, -0.2) is 9.97 Å². The second kappa shape index (κ2) is 11.1. The zero-order valence-corrected chi connectivity index (χ0v) is 18.0. The number of benzene rings is 1. The molecule has 0 radical (unpaired) electrons. The van der Waals surface area contributed by atoms with Crippen LogP contribution in [-0.2, 0) is 13.1 Å². The summed E-state index contributed by atoms with van der Waals surface area (Å²) in [5.74, 6) is 0.651. The molecule has 0 bridgehead atoms. The van der Waals surface area contributed by atoms with Gasteiger partial charge in [-0.15, -0.1) is 0 Å². The van der Waals surface area contributed by atoms with Gasteiger partial charge in [0.05, 0.1) is 6.54 Å². The van der Waals surface area contributed by atoms with E-state index in [4.69, 9.17) is 0 Å². The third kappa shape index (κ3) is 6.78. The summed E-state index contributed by atoms with van der Waals surface area (Å²) >= 11 is 0. The van der Waals surface area contributed by atoms with Gasteiger partial charge in [-0.3, -0.25) is 9.59 Å². The number of carbonyl (C=O) groups is 2. The van der Waals surface area contributed by atoms with Crippen LogP contribution in [0, 0.1) is 0 Å². The van der Waals surface area contributed by atoms with E-state index in [2.05, 4.69) is 30.2 Å². The lowest BCUT2D eigenvalue weighted by Crippen LogP contribution is -2.31. The number of H-pyrrole nitrogens is 2.